The van der Waals surface area contributed by atoms with Gasteiger partial charge in [-0.25, -0.2) is 0 Å². The van der Waals surface area contributed by atoms with Crippen LogP contribution in [0, 0.1) is 27.7 Å². The van der Waals surface area contributed by atoms with Crippen LogP contribution in [0.3, 0.4) is 0 Å². The summed E-state index contributed by atoms with van der Waals surface area (Å²) < 4.78 is 0. The van der Waals surface area contributed by atoms with Crippen LogP contribution in [0.15, 0.2) is 46.0 Å². The van der Waals surface area contributed by atoms with Gasteiger partial charge in [-0.3, -0.25) is 14.5 Å². The Hall–Kier alpha value is -3.18. The number of hydrogen-bond acceptors (Lipinski definition) is 3. The van der Waals surface area contributed by atoms with Crippen LogP contribution in [0.25, 0.3) is 21.8 Å². The summed E-state index contributed by atoms with van der Waals surface area (Å²) in [7, 11) is 0. The largest absolute Gasteiger partial charge is 0.358 e. The molecule has 0 aliphatic heterocycles. The number of nitrogens with zero attached hydrogens (tertiary/aromatic N) is 1. The van der Waals surface area contributed by atoms with Crippen molar-refractivity contribution in [2.75, 3.05) is 6.54 Å². The Labute approximate surface area is 181 Å². The highest BCUT2D eigenvalue weighted by molar-refractivity contribution is 5.81. The van der Waals surface area contributed by atoms with E-state index in [1.165, 1.54) is 0 Å². The topological polar surface area (TPSA) is 69.0 Å². The number of benzene rings is 2. The first-order chi connectivity index (χ1) is 14.8. The molecule has 0 fully saturated rings. The maximum Gasteiger partial charge on any atom is 0.194 e. The third kappa shape index (κ3) is 3.93. The lowest BCUT2D eigenvalue weighted by atomic mass is 10.0. The monoisotopic (exact) mass is 415 g/mol. The van der Waals surface area contributed by atoms with Gasteiger partial charge in [0.05, 0.1) is 0 Å². The molecule has 0 saturated heterocycles. The summed E-state index contributed by atoms with van der Waals surface area (Å²) in [5.41, 5.74) is 7.23. The first kappa shape index (κ1) is 21.1. The quantitative estimate of drug-likeness (QED) is 0.499. The normalized spacial score (nSPS) is 11.7. The van der Waals surface area contributed by atoms with E-state index in [4.69, 9.17) is 0 Å². The predicted molar refractivity (Wildman–Crippen MR) is 128 cm³/mol. The second kappa shape index (κ2) is 8.16. The molecule has 2 heterocycles. The van der Waals surface area contributed by atoms with Crippen LogP contribution in [0.2, 0.25) is 0 Å². The summed E-state index contributed by atoms with van der Waals surface area (Å²) >= 11 is 0. The van der Waals surface area contributed by atoms with Crippen molar-refractivity contribution < 1.29 is 0 Å². The summed E-state index contributed by atoms with van der Waals surface area (Å²) in [4.78, 5) is 35.4. The zero-order valence-corrected chi connectivity index (χ0v) is 18.8. The van der Waals surface area contributed by atoms with E-state index >= 15 is 0 Å². The number of hydrogen-bond donors (Lipinski definition) is 2. The third-order valence-corrected chi connectivity index (χ3v) is 6.15. The van der Waals surface area contributed by atoms with Crippen molar-refractivity contribution >= 4 is 21.8 Å². The van der Waals surface area contributed by atoms with Gasteiger partial charge >= 0.3 is 0 Å². The van der Waals surface area contributed by atoms with Gasteiger partial charge in [0.25, 0.3) is 0 Å². The van der Waals surface area contributed by atoms with Crippen LogP contribution in [-0.2, 0) is 13.1 Å². The molecule has 2 aromatic heterocycles. The molecule has 2 aromatic carbocycles. The van der Waals surface area contributed by atoms with E-state index in [1.807, 2.05) is 64.1 Å². The Balaban J connectivity index is 1.73. The molecule has 0 aliphatic carbocycles. The number of pyridine rings is 2. The smallest absolute Gasteiger partial charge is 0.194 e. The Bertz CT molecular complexity index is 1310. The molecule has 160 valence electrons. The molecule has 31 heavy (non-hydrogen) atoms. The number of aromatic amines is 2. The molecule has 0 bridgehead atoms. The summed E-state index contributed by atoms with van der Waals surface area (Å²) in [5, 5.41) is 1.43. The van der Waals surface area contributed by atoms with Gasteiger partial charge in [0, 0.05) is 57.4 Å². The second-order valence-electron chi connectivity index (χ2n) is 8.52. The maximum atomic E-state index is 13.2. The number of H-pyrrole nitrogens is 2. The molecule has 4 aromatic rings. The number of fused-ring (bicyclic) bond motifs is 2. The molecule has 0 atom stereocenters. The van der Waals surface area contributed by atoms with E-state index < -0.39 is 0 Å². The van der Waals surface area contributed by atoms with Gasteiger partial charge in [-0.15, -0.1) is 0 Å². The van der Waals surface area contributed by atoms with Crippen molar-refractivity contribution in [1.29, 1.82) is 0 Å². The lowest BCUT2D eigenvalue weighted by Crippen LogP contribution is -2.30. The lowest BCUT2D eigenvalue weighted by Gasteiger charge is -2.22. The molecule has 4 rings (SSSR count). The molecule has 5 nitrogen and oxygen atoms in total. The Morgan fingerprint density at radius 2 is 1.13 bits per heavy atom. The highest BCUT2D eigenvalue weighted by Gasteiger charge is 2.17. The fourth-order valence-corrected chi connectivity index (χ4v) is 4.24. The number of nitrogens with one attached hydrogen (secondary N) is 2. The average molecular weight is 416 g/mol. The third-order valence-electron chi connectivity index (χ3n) is 6.15. The highest BCUT2D eigenvalue weighted by atomic mass is 16.1. The van der Waals surface area contributed by atoms with Gasteiger partial charge < -0.3 is 9.97 Å². The maximum absolute atomic E-state index is 13.2. The van der Waals surface area contributed by atoms with Crippen molar-refractivity contribution in [3.8, 4) is 0 Å². The summed E-state index contributed by atoms with van der Waals surface area (Å²) in [6.07, 6.45) is 0. The van der Waals surface area contributed by atoms with E-state index in [0.717, 1.165) is 51.2 Å². The van der Waals surface area contributed by atoms with Crippen LogP contribution in [-0.4, -0.2) is 21.4 Å². The van der Waals surface area contributed by atoms with Crippen LogP contribution < -0.4 is 10.9 Å². The standard InChI is InChI=1S/C26H29N3O2/c1-6-29(13-21-17(4)27-23-9-7-15(2)11-19(23)25(21)30)14-22-18(5)28-24-10-8-16(3)12-20(24)26(22)31/h7-12H,6,13-14H2,1-5H3,(H,27,30)(H,28,31). The minimum absolute atomic E-state index is 0.0631. The highest BCUT2D eigenvalue weighted by Crippen LogP contribution is 2.18. The molecule has 0 unspecified atom stereocenters. The van der Waals surface area contributed by atoms with Gasteiger partial charge in [0.2, 0.25) is 0 Å². The zero-order valence-electron chi connectivity index (χ0n) is 18.8. The Morgan fingerprint density at radius 3 is 1.52 bits per heavy atom. The molecule has 2 N–H and O–H groups in total. The van der Waals surface area contributed by atoms with Crippen LogP contribution in [0.1, 0.15) is 40.6 Å². The molecule has 0 aliphatic rings. The van der Waals surface area contributed by atoms with Crippen molar-refractivity contribution in [3.63, 3.8) is 0 Å². The Morgan fingerprint density at radius 1 is 0.710 bits per heavy atom. The number of aryl methyl sites for hydroxylation is 4. The van der Waals surface area contributed by atoms with Crippen LogP contribution >= 0.6 is 0 Å². The van der Waals surface area contributed by atoms with E-state index in [0.29, 0.717) is 23.9 Å². The fourth-order valence-electron chi connectivity index (χ4n) is 4.24. The SMILES string of the molecule is CCN(Cc1c(C)[nH]c2ccc(C)cc2c1=O)Cc1c(C)[nH]c2ccc(C)cc2c1=O. The van der Waals surface area contributed by atoms with Gasteiger partial charge in [-0.05, 0) is 58.5 Å². The van der Waals surface area contributed by atoms with Crippen molar-refractivity contribution in [3.05, 3.63) is 90.5 Å². The molecule has 0 spiro atoms. The van der Waals surface area contributed by atoms with E-state index in [1.54, 1.807) is 0 Å². The minimum Gasteiger partial charge on any atom is -0.358 e. The van der Waals surface area contributed by atoms with Crippen molar-refractivity contribution in [2.45, 2.75) is 47.7 Å². The van der Waals surface area contributed by atoms with Crippen LogP contribution in [0.5, 0.6) is 0 Å². The van der Waals surface area contributed by atoms with E-state index in [2.05, 4.69) is 21.8 Å². The fraction of sp³-hybridized carbons (Fsp3) is 0.308. The lowest BCUT2D eigenvalue weighted by molar-refractivity contribution is 0.268. The molecule has 0 amide bonds. The van der Waals surface area contributed by atoms with Gasteiger partial charge in [-0.1, -0.05) is 30.2 Å². The first-order valence-electron chi connectivity index (χ1n) is 10.7. The van der Waals surface area contributed by atoms with E-state index in [-0.39, 0.29) is 10.9 Å². The second-order valence-corrected chi connectivity index (χ2v) is 8.52. The van der Waals surface area contributed by atoms with Gasteiger partial charge in [-0.2, -0.15) is 0 Å². The summed E-state index contributed by atoms with van der Waals surface area (Å²) in [6, 6.07) is 11.8. The molecular formula is C26H29N3O2. The predicted octanol–water partition coefficient (Wildman–Crippen LogP) is 4.63. The zero-order chi connectivity index (χ0) is 22.3. The molecule has 5 heteroatoms. The molecular weight excluding hydrogens is 386 g/mol. The van der Waals surface area contributed by atoms with Crippen molar-refractivity contribution in [2.24, 2.45) is 0 Å². The number of aromatic nitrogens is 2. The molecule has 0 saturated carbocycles. The first-order valence-corrected chi connectivity index (χ1v) is 10.7. The average Bonchev–Trinajstić information content (AvgIpc) is 2.74. The van der Waals surface area contributed by atoms with Crippen molar-refractivity contribution in [1.82, 2.24) is 14.9 Å². The molecule has 0 radical (unpaired) electrons. The minimum atomic E-state index is 0.0631. The Kier molecular flexibility index (Phi) is 5.54. The van der Waals surface area contributed by atoms with Gasteiger partial charge in [0.15, 0.2) is 10.9 Å². The van der Waals surface area contributed by atoms with E-state index in [9.17, 15) is 9.59 Å². The van der Waals surface area contributed by atoms with Gasteiger partial charge in [0.1, 0.15) is 0 Å². The summed E-state index contributed by atoms with van der Waals surface area (Å²) in [5.74, 6) is 0. The van der Waals surface area contributed by atoms with Crippen LogP contribution in [0.4, 0.5) is 0 Å². The summed E-state index contributed by atoms with van der Waals surface area (Å²) in [6.45, 7) is 11.7. The number of rotatable bonds is 5.